The van der Waals surface area contributed by atoms with E-state index in [2.05, 4.69) is 6.58 Å². The summed E-state index contributed by atoms with van der Waals surface area (Å²) in [5, 5.41) is 0. The van der Waals surface area contributed by atoms with E-state index in [1.54, 1.807) is 19.9 Å². The Kier molecular flexibility index (Phi) is 3.22. The van der Waals surface area contributed by atoms with Gasteiger partial charge in [0.2, 0.25) is 0 Å². The third kappa shape index (κ3) is 2.41. The van der Waals surface area contributed by atoms with Crippen molar-refractivity contribution in [3.8, 4) is 0 Å². The van der Waals surface area contributed by atoms with Crippen molar-refractivity contribution >= 4 is 6.08 Å². The average molecular weight is 213 g/mol. The predicted molar refractivity (Wildman–Crippen MR) is 55.2 cm³/mol. The zero-order valence-corrected chi connectivity index (χ0v) is 8.65. The molecule has 0 spiro atoms. The zero-order valence-electron chi connectivity index (χ0n) is 8.65. The number of hydrogen-bond donors (Lipinski definition) is 0. The first-order chi connectivity index (χ1) is 6.88. The molecule has 0 fully saturated rings. The minimum Gasteiger partial charge on any atom is -0.166 e. The first-order valence-electron chi connectivity index (χ1n) is 4.51. The van der Waals surface area contributed by atoms with Crippen LogP contribution in [0, 0.1) is 5.92 Å². The second-order valence-corrected chi connectivity index (χ2v) is 3.47. The van der Waals surface area contributed by atoms with Gasteiger partial charge in [0.1, 0.15) is 0 Å². The zero-order chi connectivity index (χ0) is 11.6. The lowest BCUT2D eigenvalue weighted by Crippen LogP contribution is -2.12. The smallest absolute Gasteiger partial charge is 0.166 e. The van der Waals surface area contributed by atoms with Crippen LogP contribution in [0.2, 0.25) is 0 Å². The van der Waals surface area contributed by atoms with Gasteiger partial charge < -0.3 is 0 Å². The van der Waals surface area contributed by atoms with Crippen LogP contribution in [0.15, 0.2) is 24.8 Å². The van der Waals surface area contributed by atoms with Crippen LogP contribution in [0.4, 0.5) is 13.2 Å². The number of hydrogen-bond acceptors (Lipinski definition) is 0. The van der Waals surface area contributed by atoms with Gasteiger partial charge in [-0.15, -0.1) is 0 Å². The summed E-state index contributed by atoms with van der Waals surface area (Å²) in [5.74, 6) is 0.644. The molecule has 15 heavy (non-hydrogen) atoms. The quantitative estimate of drug-likeness (QED) is 0.686. The minimum atomic E-state index is -4.34. The van der Waals surface area contributed by atoms with Crippen LogP contribution in [0.5, 0.6) is 0 Å². The van der Waals surface area contributed by atoms with Gasteiger partial charge >= 0.3 is 6.18 Å². The fraction of sp³-hybridized carbons (Fsp3) is 0.250. The molecule has 0 N–H and O–H groups in total. The first kappa shape index (κ1) is 11.8. The van der Waals surface area contributed by atoms with Crippen LogP contribution in [0.3, 0.4) is 0 Å². The maximum Gasteiger partial charge on any atom is 0.417 e. The maximum atomic E-state index is 12.8. The summed E-state index contributed by atoms with van der Waals surface area (Å²) >= 11 is 0. The van der Waals surface area contributed by atoms with Crippen LogP contribution in [0.25, 0.3) is 6.08 Å². The summed E-state index contributed by atoms with van der Waals surface area (Å²) in [5.41, 5.74) is -0.235. The topological polar surface area (TPSA) is 0 Å². The van der Waals surface area contributed by atoms with Crippen LogP contribution in [-0.4, -0.2) is 0 Å². The molecule has 1 rings (SSSR count). The molecule has 0 atom stereocenters. The third-order valence-electron chi connectivity index (χ3n) is 2.14. The third-order valence-corrected chi connectivity index (χ3v) is 2.14. The molecule has 1 aromatic carbocycles. The van der Waals surface area contributed by atoms with E-state index in [1.807, 2.05) is 0 Å². The second kappa shape index (κ2) is 4.09. The van der Waals surface area contributed by atoms with Crippen molar-refractivity contribution in [3.63, 3.8) is 0 Å². The lowest BCUT2D eigenvalue weighted by Gasteiger charge is -2.17. The highest BCUT2D eigenvalue weighted by molar-refractivity contribution is 5.57. The van der Waals surface area contributed by atoms with Crippen molar-refractivity contribution in [2.24, 2.45) is 0 Å². The van der Waals surface area contributed by atoms with Crippen molar-refractivity contribution in [1.82, 2.24) is 0 Å². The van der Waals surface area contributed by atoms with Crippen LogP contribution >= 0.6 is 0 Å². The van der Waals surface area contributed by atoms with Crippen molar-refractivity contribution in [2.45, 2.75) is 20.0 Å². The fourth-order valence-electron chi connectivity index (χ4n) is 1.47. The summed E-state index contributed by atoms with van der Waals surface area (Å²) in [4.78, 5) is 0. The Morgan fingerprint density at radius 3 is 2.27 bits per heavy atom. The molecule has 0 heterocycles. The van der Waals surface area contributed by atoms with Crippen LogP contribution in [0.1, 0.15) is 30.5 Å². The van der Waals surface area contributed by atoms with E-state index in [4.69, 9.17) is 0 Å². The largest absolute Gasteiger partial charge is 0.417 e. The number of rotatable bonds is 2. The van der Waals surface area contributed by atoms with Gasteiger partial charge in [-0.3, -0.25) is 0 Å². The van der Waals surface area contributed by atoms with Gasteiger partial charge in [-0.1, -0.05) is 44.7 Å². The van der Waals surface area contributed by atoms with E-state index in [-0.39, 0.29) is 11.1 Å². The average Bonchev–Trinajstić information content (AvgIpc) is 2.15. The van der Waals surface area contributed by atoms with Crippen molar-refractivity contribution < 1.29 is 13.2 Å². The Morgan fingerprint density at radius 2 is 1.87 bits per heavy atom. The Bertz CT molecular complexity index is 362. The van der Waals surface area contributed by atoms with E-state index in [0.29, 0.717) is 5.92 Å². The SMILES string of the molecule is C=Cc1cccc([C](C)C)c1C(F)(F)F. The monoisotopic (exact) mass is 213 g/mol. The Hall–Kier alpha value is -1.25. The molecular formula is C12H12F3. The molecule has 1 aromatic rings. The predicted octanol–water partition coefficient (Wildman–Crippen LogP) is 4.31. The van der Waals surface area contributed by atoms with E-state index >= 15 is 0 Å². The molecule has 0 unspecified atom stereocenters. The highest BCUT2D eigenvalue weighted by atomic mass is 19.4. The van der Waals surface area contributed by atoms with Crippen molar-refractivity contribution in [3.05, 3.63) is 47.4 Å². The number of benzene rings is 1. The van der Waals surface area contributed by atoms with Gasteiger partial charge in [0.25, 0.3) is 0 Å². The van der Waals surface area contributed by atoms with Crippen molar-refractivity contribution in [1.29, 1.82) is 0 Å². The minimum absolute atomic E-state index is 0.126. The van der Waals surface area contributed by atoms with Gasteiger partial charge in [0, 0.05) is 0 Å². The van der Waals surface area contributed by atoms with E-state index < -0.39 is 11.7 Å². The maximum absolute atomic E-state index is 12.8. The summed E-state index contributed by atoms with van der Waals surface area (Å²) in [6.07, 6.45) is -3.10. The second-order valence-electron chi connectivity index (χ2n) is 3.47. The van der Waals surface area contributed by atoms with Crippen LogP contribution < -0.4 is 0 Å². The molecule has 0 aliphatic carbocycles. The molecule has 0 saturated heterocycles. The Labute approximate surface area is 87.4 Å². The first-order valence-corrected chi connectivity index (χ1v) is 4.51. The van der Waals surface area contributed by atoms with Crippen molar-refractivity contribution in [2.75, 3.05) is 0 Å². The molecule has 0 nitrogen and oxygen atoms in total. The molecule has 81 valence electrons. The molecule has 1 radical (unpaired) electrons. The van der Waals surface area contributed by atoms with Gasteiger partial charge in [-0.05, 0) is 17.0 Å². The van der Waals surface area contributed by atoms with E-state index in [9.17, 15) is 13.2 Å². The van der Waals surface area contributed by atoms with Gasteiger partial charge in [0.05, 0.1) is 5.56 Å². The van der Waals surface area contributed by atoms with Crippen LogP contribution in [-0.2, 0) is 6.18 Å². The Morgan fingerprint density at radius 1 is 1.27 bits per heavy atom. The summed E-state index contributed by atoms with van der Waals surface area (Å²) in [6, 6.07) is 4.50. The number of halogens is 3. The molecular weight excluding hydrogens is 201 g/mol. The molecule has 0 amide bonds. The summed E-state index contributed by atoms with van der Waals surface area (Å²) in [6.45, 7) is 6.72. The number of alkyl halides is 3. The molecule has 0 aromatic heterocycles. The van der Waals surface area contributed by atoms with Gasteiger partial charge in [0.15, 0.2) is 0 Å². The molecule has 3 heteroatoms. The lowest BCUT2D eigenvalue weighted by molar-refractivity contribution is -0.138. The standard InChI is InChI=1S/C12H12F3/c1-4-9-6-5-7-10(8(2)3)11(9)12(13,14)15/h4-7H,1H2,2-3H3. The highest BCUT2D eigenvalue weighted by Gasteiger charge is 2.35. The molecule has 0 bridgehead atoms. The lowest BCUT2D eigenvalue weighted by atomic mass is 9.93. The summed E-state index contributed by atoms with van der Waals surface area (Å²) < 4.78 is 38.4. The summed E-state index contributed by atoms with van der Waals surface area (Å²) in [7, 11) is 0. The van der Waals surface area contributed by atoms with E-state index in [0.717, 1.165) is 0 Å². The highest BCUT2D eigenvalue weighted by Crippen LogP contribution is 2.37. The normalized spacial score (nSPS) is 11.9. The van der Waals surface area contributed by atoms with Gasteiger partial charge in [-0.25, -0.2) is 0 Å². The fourth-order valence-corrected chi connectivity index (χ4v) is 1.47. The van der Waals surface area contributed by atoms with Gasteiger partial charge in [-0.2, -0.15) is 13.2 Å². The molecule has 0 saturated carbocycles. The van der Waals surface area contributed by atoms with E-state index in [1.165, 1.54) is 18.2 Å². The Balaban J connectivity index is 3.47. The molecule has 0 aliphatic heterocycles. The molecule has 0 aliphatic rings.